The molecule has 2 fully saturated rings. The van der Waals surface area contributed by atoms with Gasteiger partial charge in [-0.15, -0.1) is 33.3 Å². The number of oxime groups is 1. The normalized spacial score (nSPS) is 20.2. The molecule has 0 radical (unpaired) electrons. The van der Waals surface area contributed by atoms with Crippen LogP contribution in [0.15, 0.2) is 81.0 Å². The molecule has 6 rings (SSSR count). The van der Waals surface area contributed by atoms with Crippen molar-refractivity contribution in [1.29, 1.82) is 0 Å². The van der Waals surface area contributed by atoms with E-state index in [1.54, 1.807) is 10.4 Å². The summed E-state index contributed by atoms with van der Waals surface area (Å²) >= 11 is 5.17. The third-order valence-electron chi connectivity index (χ3n) is 7.60. The number of nitrogens with one attached hydrogen (secondary N) is 2. The molecule has 3 atom stereocenters. The second-order valence-corrected chi connectivity index (χ2v) is 14.9. The van der Waals surface area contributed by atoms with Crippen molar-refractivity contribution < 1.29 is 28.8 Å². The first-order valence-corrected chi connectivity index (χ1v) is 18.4. The van der Waals surface area contributed by atoms with Crippen LogP contribution in [0.2, 0.25) is 0 Å². The zero-order valence-corrected chi connectivity index (χ0v) is 28.7. The molecule has 0 spiro atoms. The van der Waals surface area contributed by atoms with Gasteiger partial charge in [-0.05, 0) is 11.1 Å². The summed E-state index contributed by atoms with van der Waals surface area (Å²) in [7, 11) is 0. The topological polar surface area (TPSA) is 217 Å². The smallest absolute Gasteiger partial charge is 0.316 e. The number of hydrogen-bond donors (Lipinski definition) is 4. The molecule has 2 aliphatic heterocycles. The van der Waals surface area contributed by atoms with Gasteiger partial charge in [0, 0.05) is 23.4 Å². The van der Waals surface area contributed by atoms with Gasteiger partial charge in [-0.1, -0.05) is 88.9 Å². The number of β-lactam (4-membered cyclic amide) rings is 1. The quantitative estimate of drug-likeness (QED) is 0.0293. The number of thioether (sulfide) groups is 2. The van der Waals surface area contributed by atoms with Crippen LogP contribution in [0.3, 0.4) is 0 Å². The molecule has 15 nitrogen and oxygen atoms in total. The van der Waals surface area contributed by atoms with Gasteiger partial charge in [0.15, 0.2) is 27.9 Å². The van der Waals surface area contributed by atoms with Gasteiger partial charge < -0.3 is 25.5 Å². The number of anilines is 1. The molecule has 49 heavy (non-hydrogen) atoms. The molecule has 19 heteroatoms. The average molecular weight is 740 g/mol. The number of nitrogen functional groups attached to an aromatic ring is 1. The van der Waals surface area contributed by atoms with Gasteiger partial charge in [-0.25, -0.2) is 10.8 Å². The van der Waals surface area contributed by atoms with Crippen LogP contribution in [0.25, 0.3) is 0 Å². The summed E-state index contributed by atoms with van der Waals surface area (Å²) in [5.41, 5.74) is 9.61. The first kappa shape index (κ1) is 34.3. The number of carbonyl (C=O) groups excluding carboxylic acids is 4. The van der Waals surface area contributed by atoms with E-state index in [0.29, 0.717) is 10.1 Å². The summed E-state index contributed by atoms with van der Waals surface area (Å²) in [4.78, 5) is 63.5. The Morgan fingerprint density at radius 2 is 1.82 bits per heavy atom. The molecule has 254 valence electrons. The summed E-state index contributed by atoms with van der Waals surface area (Å²) in [5, 5.41) is 15.7. The van der Waals surface area contributed by atoms with Crippen LogP contribution in [0.4, 0.5) is 5.13 Å². The Balaban J connectivity index is 1.20. The van der Waals surface area contributed by atoms with Crippen molar-refractivity contribution in [3.8, 4) is 0 Å². The monoisotopic (exact) mass is 739 g/mol. The Morgan fingerprint density at radius 3 is 2.43 bits per heavy atom. The van der Waals surface area contributed by atoms with Gasteiger partial charge >= 0.3 is 5.97 Å². The fourth-order valence-corrected chi connectivity index (χ4v) is 9.03. The number of fused-ring (bicyclic) bond motifs is 1. The van der Waals surface area contributed by atoms with Gasteiger partial charge in [0.05, 0.1) is 0 Å². The summed E-state index contributed by atoms with van der Waals surface area (Å²) in [5.74, 6) is 3.40. The largest absolute Gasteiger partial charge is 0.452 e. The molecule has 2 unspecified atom stereocenters. The molecule has 3 amide bonds. The third kappa shape index (κ3) is 7.70. The van der Waals surface area contributed by atoms with Crippen LogP contribution >= 0.6 is 46.2 Å². The standard InChI is InChI=1S/C30H29N9O6S4/c31-28-34-19(12-46-28)21(38-44-11-20(40)36-32)24(41)35-22-25(42)39-13-30(14-47-26(22)39,15-48-29-37-33-16-49-29)27(43)45-23(17-7-3-1-4-8-17)18-9-5-2-6-10-18/h1-10,12,16,22-23,26H,11,13-15,32H2,(H2,31,34)(H,35,41)(H,36,40)/t22?,26-,30?/m1/s1. The molecular weight excluding hydrogens is 711 g/mol. The Morgan fingerprint density at radius 1 is 1.10 bits per heavy atom. The van der Waals surface area contributed by atoms with Crippen molar-refractivity contribution in [3.05, 3.63) is 88.4 Å². The lowest BCUT2D eigenvalue weighted by molar-refractivity contribution is -0.164. The van der Waals surface area contributed by atoms with E-state index in [2.05, 4.69) is 25.7 Å². The molecule has 4 heterocycles. The number of nitrogens with two attached hydrogens (primary N) is 2. The lowest BCUT2D eigenvalue weighted by atomic mass is 9.88. The molecule has 0 bridgehead atoms. The van der Waals surface area contributed by atoms with Crippen LogP contribution < -0.4 is 22.3 Å². The maximum Gasteiger partial charge on any atom is 0.316 e. The molecular formula is C30H29N9O6S4. The van der Waals surface area contributed by atoms with Gasteiger partial charge in [0.2, 0.25) is 5.91 Å². The maximum atomic E-state index is 14.3. The van der Waals surface area contributed by atoms with Gasteiger partial charge in [-0.3, -0.25) is 24.6 Å². The number of ether oxygens (including phenoxy) is 1. The van der Waals surface area contributed by atoms with Crippen LogP contribution in [-0.4, -0.2) is 85.6 Å². The number of rotatable bonds is 13. The molecule has 6 N–H and O–H groups in total. The van der Waals surface area contributed by atoms with E-state index >= 15 is 0 Å². The fraction of sp³-hybridized carbons (Fsp3) is 0.267. The highest BCUT2D eigenvalue weighted by atomic mass is 32.2. The Labute approximate surface area is 296 Å². The molecule has 0 saturated carbocycles. The number of esters is 1. The SMILES string of the molecule is NNC(=O)CON=C(C(=O)NC1C(=O)N2CC(CSc3nncs3)(C(=O)OC(c3ccccc3)c3ccccc3)CS[C@H]12)c1csc(N)n1. The molecule has 2 aromatic heterocycles. The number of carbonyl (C=O) groups is 4. The van der Waals surface area contributed by atoms with Crippen LogP contribution in [-0.2, 0) is 28.8 Å². The van der Waals surface area contributed by atoms with Crippen molar-refractivity contribution in [2.24, 2.45) is 16.4 Å². The molecule has 2 saturated heterocycles. The molecule has 4 aromatic rings. The second-order valence-electron chi connectivity index (χ2n) is 10.9. The second kappa shape index (κ2) is 15.3. The highest BCUT2D eigenvalue weighted by Gasteiger charge is 2.58. The van der Waals surface area contributed by atoms with E-state index in [1.807, 2.05) is 66.1 Å². The van der Waals surface area contributed by atoms with Gasteiger partial charge in [0.1, 0.15) is 28.0 Å². The number of benzene rings is 2. The minimum absolute atomic E-state index is 0.0671. The van der Waals surface area contributed by atoms with Crippen LogP contribution in [0.5, 0.6) is 0 Å². The van der Waals surface area contributed by atoms with Crippen molar-refractivity contribution in [2.45, 2.75) is 21.9 Å². The minimum Gasteiger partial charge on any atom is -0.452 e. The fourth-order valence-electron chi connectivity index (χ4n) is 5.15. The summed E-state index contributed by atoms with van der Waals surface area (Å²) in [6.45, 7) is -0.484. The number of hydrogen-bond acceptors (Lipinski definition) is 16. The minimum atomic E-state index is -1.11. The Kier molecular flexibility index (Phi) is 10.7. The van der Waals surface area contributed by atoms with Crippen LogP contribution in [0.1, 0.15) is 22.9 Å². The molecule has 2 aromatic carbocycles. The highest BCUT2D eigenvalue weighted by Crippen LogP contribution is 2.46. The van der Waals surface area contributed by atoms with Crippen molar-refractivity contribution in [3.63, 3.8) is 0 Å². The first-order chi connectivity index (χ1) is 23.8. The number of amides is 3. The van der Waals surface area contributed by atoms with E-state index in [9.17, 15) is 19.2 Å². The van der Waals surface area contributed by atoms with Gasteiger partial charge in [0.25, 0.3) is 11.8 Å². The predicted molar refractivity (Wildman–Crippen MR) is 185 cm³/mol. The number of aromatic nitrogens is 3. The van der Waals surface area contributed by atoms with E-state index < -0.39 is 47.3 Å². The van der Waals surface area contributed by atoms with Crippen LogP contribution in [0, 0.1) is 5.41 Å². The zero-order chi connectivity index (χ0) is 34.4. The summed E-state index contributed by atoms with van der Waals surface area (Å²) < 4.78 is 7.01. The van der Waals surface area contributed by atoms with Crippen molar-refractivity contribution in [1.82, 2.24) is 30.8 Å². The summed E-state index contributed by atoms with van der Waals surface area (Å²) in [6.07, 6.45) is -0.671. The van der Waals surface area contributed by atoms with Gasteiger partial charge in [-0.2, -0.15) is 0 Å². The lowest BCUT2D eigenvalue weighted by Crippen LogP contribution is -2.74. The maximum absolute atomic E-state index is 14.3. The van der Waals surface area contributed by atoms with E-state index in [1.165, 1.54) is 40.2 Å². The first-order valence-electron chi connectivity index (χ1n) is 14.6. The summed E-state index contributed by atoms with van der Waals surface area (Å²) in [6, 6.07) is 18.0. The van der Waals surface area contributed by atoms with Crippen molar-refractivity contribution in [2.75, 3.05) is 30.4 Å². The zero-order valence-electron chi connectivity index (χ0n) is 25.5. The van der Waals surface area contributed by atoms with E-state index in [0.717, 1.165) is 22.5 Å². The number of thiazole rings is 1. The molecule has 2 aliphatic rings. The van der Waals surface area contributed by atoms with Crippen molar-refractivity contribution >= 4 is 80.7 Å². The number of nitrogens with zero attached hydrogens (tertiary/aromatic N) is 5. The Bertz CT molecular complexity index is 1790. The lowest BCUT2D eigenvalue weighted by Gasteiger charge is -2.54. The number of hydrazine groups is 1. The van der Waals surface area contributed by atoms with E-state index in [-0.39, 0.29) is 34.7 Å². The highest BCUT2D eigenvalue weighted by molar-refractivity contribution is 8.01. The molecule has 0 aliphatic carbocycles. The third-order valence-corrected chi connectivity index (χ3v) is 12.0. The Hall–Kier alpha value is -4.56. The van der Waals surface area contributed by atoms with E-state index in [4.69, 9.17) is 21.2 Å². The average Bonchev–Trinajstić information content (AvgIpc) is 3.82. The predicted octanol–water partition coefficient (Wildman–Crippen LogP) is 1.80.